The summed E-state index contributed by atoms with van der Waals surface area (Å²) in [5, 5.41) is 16.2. The van der Waals surface area contributed by atoms with Crippen LogP contribution in [0.4, 0.5) is 5.69 Å². The molecule has 0 unspecified atom stereocenters. The van der Waals surface area contributed by atoms with Gasteiger partial charge in [0, 0.05) is 6.07 Å². The van der Waals surface area contributed by atoms with E-state index in [4.69, 9.17) is 10.00 Å². The van der Waals surface area contributed by atoms with Crippen molar-refractivity contribution in [3.05, 3.63) is 65.9 Å². The van der Waals surface area contributed by atoms with Crippen LogP contribution in [0.3, 0.4) is 0 Å². The number of anilines is 1. The maximum absolute atomic E-state index is 12.7. The van der Waals surface area contributed by atoms with E-state index in [9.17, 15) is 8.42 Å². The maximum Gasteiger partial charge on any atom is 0.263 e. The van der Waals surface area contributed by atoms with Gasteiger partial charge in [-0.25, -0.2) is 8.42 Å². The molecular weight excluding hydrogens is 364 g/mol. The van der Waals surface area contributed by atoms with Gasteiger partial charge in [-0.15, -0.1) is 5.10 Å². The number of ether oxygens (including phenoxy) is 1. The van der Waals surface area contributed by atoms with Crippen LogP contribution in [0.2, 0.25) is 0 Å². The summed E-state index contributed by atoms with van der Waals surface area (Å²) in [7, 11) is -2.47. The zero-order chi connectivity index (χ0) is 19.4. The number of aryl methyl sites for hydroxylation is 1. The molecule has 1 heterocycles. The van der Waals surface area contributed by atoms with E-state index in [-0.39, 0.29) is 10.8 Å². The highest BCUT2D eigenvalue weighted by molar-refractivity contribution is 7.92. The molecule has 0 aliphatic heterocycles. The Bertz CT molecular complexity index is 1120. The Labute approximate surface area is 157 Å². The van der Waals surface area contributed by atoms with Crippen molar-refractivity contribution in [1.29, 1.82) is 5.26 Å². The van der Waals surface area contributed by atoms with Gasteiger partial charge in [-0.05, 0) is 41.8 Å². The molecule has 0 fully saturated rings. The van der Waals surface area contributed by atoms with Crippen molar-refractivity contribution in [3.8, 4) is 23.1 Å². The molecule has 3 aromatic rings. The summed E-state index contributed by atoms with van der Waals surface area (Å²) in [5.74, 6) is 0.112. The van der Waals surface area contributed by atoms with Crippen molar-refractivity contribution in [2.45, 2.75) is 11.8 Å². The van der Waals surface area contributed by atoms with Crippen LogP contribution in [-0.4, -0.2) is 25.7 Å². The largest absolute Gasteiger partial charge is 0.480 e. The fourth-order valence-corrected chi connectivity index (χ4v) is 3.50. The number of nitriles is 1. The van der Waals surface area contributed by atoms with E-state index in [2.05, 4.69) is 21.0 Å². The first-order valence-corrected chi connectivity index (χ1v) is 9.42. The Morgan fingerprint density at radius 1 is 1.07 bits per heavy atom. The number of benzene rings is 2. The molecule has 2 aromatic carbocycles. The van der Waals surface area contributed by atoms with Gasteiger partial charge in [0.1, 0.15) is 4.90 Å². The molecule has 0 saturated heterocycles. The van der Waals surface area contributed by atoms with Crippen LogP contribution in [0.25, 0.3) is 11.1 Å². The van der Waals surface area contributed by atoms with E-state index in [1.54, 1.807) is 18.2 Å². The molecule has 0 radical (unpaired) electrons. The van der Waals surface area contributed by atoms with Gasteiger partial charge in [0.25, 0.3) is 10.0 Å². The van der Waals surface area contributed by atoms with Gasteiger partial charge in [-0.1, -0.05) is 24.3 Å². The molecule has 27 heavy (non-hydrogen) atoms. The molecule has 136 valence electrons. The second-order valence-electron chi connectivity index (χ2n) is 5.76. The first-order chi connectivity index (χ1) is 12.9. The number of sulfonamides is 1. The highest BCUT2D eigenvalue weighted by Crippen LogP contribution is 2.27. The number of rotatable bonds is 5. The lowest BCUT2D eigenvalue weighted by atomic mass is 10.0. The van der Waals surface area contributed by atoms with Crippen molar-refractivity contribution in [1.82, 2.24) is 10.2 Å². The third kappa shape index (κ3) is 4.04. The van der Waals surface area contributed by atoms with E-state index in [0.717, 1.165) is 22.9 Å². The van der Waals surface area contributed by atoms with Crippen LogP contribution in [-0.2, 0) is 10.0 Å². The monoisotopic (exact) mass is 380 g/mol. The van der Waals surface area contributed by atoms with E-state index < -0.39 is 10.0 Å². The molecule has 0 amide bonds. The van der Waals surface area contributed by atoms with Gasteiger partial charge in [-0.2, -0.15) is 10.4 Å². The van der Waals surface area contributed by atoms with Gasteiger partial charge in [0.05, 0.1) is 30.6 Å². The zero-order valence-electron chi connectivity index (χ0n) is 14.7. The summed E-state index contributed by atoms with van der Waals surface area (Å²) >= 11 is 0. The van der Waals surface area contributed by atoms with E-state index >= 15 is 0 Å². The molecule has 1 N–H and O–H groups in total. The summed E-state index contributed by atoms with van der Waals surface area (Å²) in [6.45, 7) is 1.81. The van der Waals surface area contributed by atoms with Gasteiger partial charge < -0.3 is 4.74 Å². The van der Waals surface area contributed by atoms with Crippen LogP contribution >= 0.6 is 0 Å². The first-order valence-electron chi connectivity index (χ1n) is 7.93. The fourth-order valence-electron chi connectivity index (χ4n) is 2.43. The molecule has 0 bridgehead atoms. The summed E-state index contributed by atoms with van der Waals surface area (Å²) in [4.78, 5) is -0.0440. The quantitative estimate of drug-likeness (QED) is 0.729. The van der Waals surface area contributed by atoms with E-state index in [0.29, 0.717) is 11.3 Å². The summed E-state index contributed by atoms with van der Waals surface area (Å²) in [6, 6.07) is 15.9. The first kappa shape index (κ1) is 18.4. The molecule has 0 spiro atoms. The molecule has 3 rings (SSSR count). The third-order valence-electron chi connectivity index (χ3n) is 3.96. The second-order valence-corrected chi connectivity index (χ2v) is 7.44. The molecule has 0 aliphatic carbocycles. The predicted molar refractivity (Wildman–Crippen MR) is 101 cm³/mol. The third-order valence-corrected chi connectivity index (χ3v) is 5.29. The van der Waals surface area contributed by atoms with Gasteiger partial charge in [0.15, 0.2) is 0 Å². The van der Waals surface area contributed by atoms with Crippen molar-refractivity contribution in [2.24, 2.45) is 0 Å². The molecule has 7 nitrogen and oxygen atoms in total. The van der Waals surface area contributed by atoms with Crippen molar-refractivity contribution in [3.63, 3.8) is 0 Å². The van der Waals surface area contributed by atoms with E-state index in [1.165, 1.54) is 13.2 Å². The van der Waals surface area contributed by atoms with Crippen LogP contribution < -0.4 is 9.46 Å². The van der Waals surface area contributed by atoms with Gasteiger partial charge in [0.2, 0.25) is 5.88 Å². The van der Waals surface area contributed by atoms with Crippen LogP contribution in [0, 0.1) is 18.3 Å². The van der Waals surface area contributed by atoms with E-state index in [1.807, 2.05) is 31.2 Å². The average Bonchev–Trinajstić information content (AvgIpc) is 2.69. The Morgan fingerprint density at radius 3 is 2.44 bits per heavy atom. The maximum atomic E-state index is 12.7. The van der Waals surface area contributed by atoms with Gasteiger partial charge >= 0.3 is 0 Å². The summed E-state index contributed by atoms with van der Waals surface area (Å²) in [6.07, 6.45) is 1.16. The molecule has 0 aliphatic rings. The number of methoxy groups -OCH3 is 1. The van der Waals surface area contributed by atoms with Crippen molar-refractivity contribution >= 4 is 15.7 Å². The van der Waals surface area contributed by atoms with Crippen molar-refractivity contribution in [2.75, 3.05) is 11.8 Å². The second kappa shape index (κ2) is 7.43. The number of aromatic nitrogens is 2. The lowest BCUT2D eigenvalue weighted by Crippen LogP contribution is -2.14. The van der Waals surface area contributed by atoms with Crippen LogP contribution in [0.15, 0.2) is 59.6 Å². The Morgan fingerprint density at radius 2 is 1.78 bits per heavy atom. The summed E-state index contributed by atoms with van der Waals surface area (Å²) < 4.78 is 32.9. The molecule has 0 saturated carbocycles. The smallest absolute Gasteiger partial charge is 0.263 e. The molecular formula is C19H16N4O3S. The fraction of sp³-hybridized carbons (Fsp3) is 0.105. The summed E-state index contributed by atoms with van der Waals surface area (Å²) in [5.41, 5.74) is 3.48. The lowest BCUT2D eigenvalue weighted by molar-refractivity contribution is 0.390. The molecule has 1 aromatic heterocycles. The normalized spacial score (nSPS) is 10.9. The minimum absolute atomic E-state index is 0.0440. The number of hydrogen-bond acceptors (Lipinski definition) is 6. The van der Waals surface area contributed by atoms with Gasteiger partial charge in [-0.3, -0.25) is 4.72 Å². The Hall–Kier alpha value is -3.44. The lowest BCUT2D eigenvalue weighted by Gasteiger charge is -2.12. The molecule has 8 heteroatoms. The number of nitrogens with one attached hydrogen (secondary N) is 1. The average molecular weight is 380 g/mol. The van der Waals surface area contributed by atoms with Crippen molar-refractivity contribution < 1.29 is 13.2 Å². The minimum atomic E-state index is -3.85. The topological polar surface area (TPSA) is 105 Å². The highest BCUT2D eigenvalue weighted by atomic mass is 32.2. The standard InChI is InChI=1S/C19H16N4O3S/c1-13-3-6-16(15-7-4-14(11-20)5-8-15)9-18(13)23-27(24,25)17-10-19(26-2)22-21-12-17/h3-10,12,23H,1-2H3. The van der Waals surface area contributed by atoms with Crippen LogP contribution in [0.1, 0.15) is 11.1 Å². The zero-order valence-corrected chi connectivity index (χ0v) is 15.5. The van der Waals surface area contributed by atoms with Crippen LogP contribution in [0.5, 0.6) is 5.88 Å². The predicted octanol–water partition coefficient (Wildman–Crippen LogP) is 3.13. The Kier molecular flexibility index (Phi) is 5.05. The Balaban J connectivity index is 1.95. The number of hydrogen-bond donors (Lipinski definition) is 1. The minimum Gasteiger partial charge on any atom is -0.480 e. The number of nitrogens with zero attached hydrogens (tertiary/aromatic N) is 3. The SMILES string of the molecule is COc1cc(S(=O)(=O)Nc2cc(-c3ccc(C#N)cc3)ccc2C)cnn1. The molecule has 0 atom stereocenters. The highest BCUT2D eigenvalue weighted by Gasteiger charge is 2.17.